The van der Waals surface area contributed by atoms with Gasteiger partial charge in [0.05, 0.1) is 23.1 Å². The van der Waals surface area contributed by atoms with E-state index in [0.717, 1.165) is 23.7 Å². The van der Waals surface area contributed by atoms with Crippen LogP contribution in [-0.4, -0.2) is 39.5 Å². The highest BCUT2D eigenvalue weighted by Crippen LogP contribution is 2.25. The molecule has 0 aromatic heterocycles. The Morgan fingerprint density at radius 1 is 1.45 bits per heavy atom. The summed E-state index contributed by atoms with van der Waals surface area (Å²) >= 11 is 3.35. The third-order valence-electron chi connectivity index (χ3n) is 3.82. The van der Waals surface area contributed by atoms with Crippen LogP contribution in [0.25, 0.3) is 0 Å². The molecule has 1 N–H and O–H groups in total. The Bertz CT molecular complexity index is 645. The topological polar surface area (TPSA) is 72.5 Å². The highest BCUT2D eigenvalue weighted by atomic mass is 79.9. The van der Waals surface area contributed by atoms with Crippen LogP contribution in [0.5, 0.6) is 5.75 Å². The van der Waals surface area contributed by atoms with E-state index < -0.39 is 9.84 Å². The molecule has 1 saturated heterocycles. The minimum atomic E-state index is -2.81. The summed E-state index contributed by atoms with van der Waals surface area (Å²) in [7, 11) is -1.24. The van der Waals surface area contributed by atoms with Gasteiger partial charge in [-0.05, 0) is 59.3 Å². The number of amides is 1. The first kappa shape index (κ1) is 17.3. The van der Waals surface area contributed by atoms with Crippen molar-refractivity contribution in [3.05, 3.63) is 28.2 Å². The second-order valence-electron chi connectivity index (χ2n) is 5.52. The number of halogens is 1. The molecule has 5 nitrogen and oxygen atoms in total. The monoisotopic (exact) mass is 389 g/mol. The molecule has 1 amide bonds. The largest absolute Gasteiger partial charge is 0.496 e. The van der Waals surface area contributed by atoms with Crippen molar-refractivity contribution in [2.45, 2.75) is 19.3 Å². The molecule has 122 valence electrons. The maximum Gasteiger partial charge on any atom is 0.251 e. The molecule has 1 atom stereocenters. The third-order valence-corrected chi connectivity index (χ3v) is 6.27. The van der Waals surface area contributed by atoms with Crippen LogP contribution >= 0.6 is 15.9 Å². The van der Waals surface area contributed by atoms with Crippen LogP contribution in [-0.2, 0) is 9.84 Å². The summed E-state index contributed by atoms with van der Waals surface area (Å²) in [6.07, 6.45) is 2.39. The first-order valence-electron chi connectivity index (χ1n) is 7.23. The molecule has 2 rings (SSSR count). The fraction of sp³-hybridized carbons (Fsp3) is 0.533. The number of rotatable bonds is 6. The molecule has 1 unspecified atom stereocenters. The third kappa shape index (κ3) is 4.71. The van der Waals surface area contributed by atoms with Gasteiger partial charge in [0, 0.05) is 12.1 Å². The van der Waals surface area contributed by atoms with Gasteiger partial charge in [-0.2, -0.15) is 0 Å². The molecule has 1 aromatic carbocycles. The van der Waals surface area contributed by atoms with Gasteiger partial charge in [0.1, 0.15) is 5.75 Å². The Morgan fingerprint density at radius 3 is 2.82 bits per heavy atom. The summed E-state index contributed by atoms with van der Waals surface area (Å²) in [5.74, 6) is 1.40. The fourth-order valence-corrected chi connectivity index (χ4v) is 5.05. The molecule has 1 aromatic rings. The number of benzene rings is 1. The smallest absolute Gasteiger partial charge is 0.251 e. The van der Waals surface area contributed by atoms with Gasteiger partial charge in [0.25, 0.3) is 5.91 Å². The van der Waals surface area contributed by atoms with Crippen molar-refractivity contribution in [2.75, 3.05) is 25.2 Å². The van der Waals surface area contributed by atoms with Crippen molar-refractivity contribution >= 4 is 31.7 Å². The molecule has 0 bridgehead atoms. The van der Waals surface area contributed by atoms with Gasteiger partial charge in [-0.3, -0.25) is 4.79 Å². The minimum absolute atomic E-state index is 0.137. The van der Waals surface area contributed by atoms with E-state index in [1.807, 2.05) is 0 Å². The Hall–Kier alpha value is -1.08. The molecule has 7 heteroatoms. The zero-order valence-electron chi connectivity index (χ0n) is 12.5. The van der Waals surface area contributed by atoms with Crippen LogP contribution in [0.2, 0.25) is 0 Å². The van der Waals surface area contributed by atoms with Crippen molar-refractivity contribution in [1.29, 1.82) is 0 Å². The molecule has 1 aliphatic rings. The molecule has 0 aliphatic carbocycles. The number of methoxy groups -OCH3 is 1. The van der Waals surface area contributed by atoms with Crippen LogP contribution in [0, 0.1) is 5.92 Å². The highest BCUT2D eigenvalue weighted by molar-refractivity contribution is 9.10. The lowest BCUT2D eigenvalue weighted by Gasteiger charge is -2.09. The van der Waals surface area contributed by atoms with E-state index in [1.54, 1.807) is 25.3 Å². The average molecular weight is 390 g/mol. The highest BCUT2D eigenvalue weighted by Gasteiger charge is 2.27. The molecule has 0 saturated carbocycles. The summed E-state index contributed by atoms with van der Waals surface area (Å²) in [5, 5.41) is 2.86. The average Bonchev–Trinajstić information content (AvgIpc) is 2.82. The van der Waals surface area contributed by atoms with Gasteiger partial charge in [0.2, 0.25) is 0 Å². The van der Waals surface area contributed by atoms with Crippen molar-refractivity contribution in [3.8, 4) is 5.75 Å². The number of hydrogen-bond acceptors (Lipinski definition) is 4. The number of sulfone groups is 1. The predicted molar refractivity (Wildman–Crippen MR) is 89.0 cm³/mol. The van der Waals surface area contributed by atoms with E-state index in [1.165, 1.54) is 0 Å². The zero-order chi connectivity index (χ0) is 16.2. The summed E-state index contributed by atoms with van der Waals surface area (Å²) in [6.45, 7) is 0.555. The summed E-state index contributed by atoms with van der Waals surface area (Å²) in [4.78, 5) is 12.0. The van der Waals surface area contributed by atoms with Crippen molar-refractivity contribution < 1.29 is 17.9 Å². The molecule has 1 aliphatic heterocycles. The number of carbonyl (C=O) groups excluding carboxylic acids is 1. The fourth-order valence-electron chi connectivity index (χ4n) is 2.60. The van der Waals surface area contributed by atoms with Gasteiger partial charge >= 0.3 is 0 Å². The van der Waals surface area contributed by atoms with E-state index in [4.69, 9.17) is 4.74 Å². The summed E-state index contributed by atoms with van der Waals surface area (Å²) in [5.41, 5.74) is 0.566. The van der Waals surface area contributed by atoms with E-state index in [-0.39, 0.29) is 11.8 Å². The second-order valence-corrected chi connectivity index (χ2v) is 8.60. The van der Waals surface area contributed by atoms with E-state index in [0.29, 0.717) is 29.4 Å². The minimum Gasteiger partial charge on any atom is -0.496 e. The molecular formula is C15H20BrNO4S. The number of carbonyl (C=O) groups is 1. The summed E-state index contributed by atoms with van der Waals surface area (Å²) < 4.78 is 28.6. The van der Waals surface area contributed by atoms with E-state index >= 15 is 0 Å². The lowest BCUT2D eigenvalue weighted by molar-refractivity contribution is 0.0952. The second kappa shape index (κ2) is 7.46. The van der Waals surface area contributed by atoms with Crippen LogP contribution in [0.4, 0.5) is 0 Å². The molecule has 1 fully saturated rings. The van der Waals surface area contributed by atoms with Gasteiger partial charge in [-0.1, -0.05) is 0 Å². The first-order valence-corrected chi connectivity index (χ1v) is 9.85. The zero-order valence-corrected chi connectivity index (χ0v) is 14.9. The van der Waals surface area contributed by atoms with Crippen molar-refractivity contribution in [3.63, 3.8) is 0 Å². The van der Waals surface area contributed by atoms with Gasteiger partial charge in [0.15, 0.2) is 9.84 Å². The van der Waals surface area contributed by atoms with Crippen LogP contribution in [0.15, 0.2) is 22.7 Å². The quantitative estimate of drug-likeness (QED) is 0.758. The Labute approximate surface area is 139 Å². The molecule has 0 spiro atoms. The molecule has 0 radical (unpaired) electrons. The molecular weight excluding hydrogens is 370 g/mol. The number of nitrogens with one attached hydrogen (secondary N) is 1. The number of ether oxygens (including phenoxy) is 1. The SMILES string of the molecule is COc1ccc(C(=O)NCCCC2CCS(=O)(=O)C2)cc1Br. The van der Waals surface area contributed by atoms with Crippen LogP contribution in [0.3, 0.4) is 0 Å². The van der Waals surface area contributed by atoms with Crippen LogP contribution < -0.4 is 10.1 Å². The molecule has 1 heterocycles. The van der Waals surface area contributed by atoms with Gasteiger partial charge < -0.3 is 10.1 Å². The standard InChI is InChI=1S/C15H20BrNO4S/c1-21-14-5-4-12(9-13(14)16)15(18)17-7-2-3-11-6-8-22(19,20)10-11/h4-5,9,11H,2-3,6-8,10H2,1H3,(H,17,18). The van der Waals surface area contributed by atoms with E-state index in [2.05, 4.69) is 21.2 Å². The predicted octanol–water partition coefficient (Wildman–Crippen LogP) is 2.40. The summed E-state index contributed by atoms with van der Waals surface area (Å²) in [6, 6.07) is 5.17. The normalized spacial score (nSPS) is 19.8. The lowest BCUT2D eigenvalue weighted by Crippen LogP contribution is -2.25. The van der Waals surface area contributed by atoms with Gasteiger partial charge in [-0.15, -0.1) is 0 Å². The van der Waals surface area contributed by atoms with Crippen molar-refractivity contribution in [2.24, 2.45) is 5.92 Å². The number of hydrogen-bond donors (Lipinski definition) is 1. The van der Waals surface area contributed by atoms with Gasteiger partial charge in [-0.25, -0.2) is 8.42 Å². The maximum atomic E-state index is 12.0. The molecule has 22 heavy (non-hydrogen) atoms. The maximum absolute atomic E-state index is 12.0. The Kier molecular flexibility index (Phi) is 5.86. The lowest BCUT2D eigenvalue weighted by atomic mass is 10.0. The van der Waals surface area contributed by atoms with Crippen LogP contribution in [0.1, 0.15) is 29.6 Å². The Morgan fingerprint density at radius 2 is 2.23 bits per heavy atom. The van der Waals surface area contributed by atoms with Crippen molar-refractivity contribution in [1.82, 2.24) is 5.32 Å². The first-order chi connectivity index (χ1) is 10.4. The van der Waals surface area contributed by atoms with E-state index in [9.17, 15) is 13.2 Å². The Balaban J connectivity index is 1.75.